The molecule has 3 aromatic rings. The molecule has 1 heterocycles. The number of benzene rings is 2. The van der Waals surface area contributed by atoms with Crippen LogP contribution in [-0.4, -0.2) is 36.5 Å². The van der Waals surface area contributed by atoms with Crippen LogP contribution < -0.4 is 10.1 Å². The highest BCUT2D eigenvalue weighted by Crippen LogP contribution is 2.27. The van der Waals surface area contributed by atoms with Gasteiger partial charge in [0, 0.05) is 17.1 Å². The van der Waals surface area contributed by atoms with Crippen molar-refractivity contribution in [2.24, 2.45) is 0 Å². The molecule has 0 atom stereocenters. The summed E-state index contributed by atoms with van der Waals surface area (Å²) in [7, 11) is 3.38. The molecule has 0 bridgehead atoms. The predicted octanol–water partition coefficient (Wildman–Crippen LogP) is 4.07. The van der Waals surface area contributed by atoms with Gasteiger partial charge in [-0.05, 0) is 37.4 Å². The number of carbonyl (C=O) groups excluding carboxylic acids is 1. The van der Waals surface area contributed by atoms with E-state index in [-0.39, 0.29) is 12.5 Å². The molecule has 0 aliphatic carbocycles. The van der Waals surface area contributed by atoms with Crippen molar-refractivity contribution in [3.8, 4) is 17.2 Å². The van der Waals surface area contributed by atoms with Gasteiger partial charge in [-0.1, -0.05) is 29.8 Å². The molecule has 27 heavy (non-hydrogen) atoms. The summed E-state index contributed by atoms with van der Waals surface area (Å²) in [6.45, 7) is 0.666. The SMILES string of the molecule is COc1ccc(Cl)cc1NC(=O)CN(C)Cc1coc(-c2ccccc2)n1. The van der Waals surface area contributed by atoms with Gasteiger partial charge in [-0.15, -0.1) is 0 Å². The van der Waals surface area contributed by atoms with Crippen LogP contribution in [0.3, 0.4) is 0 Å². The van der Waals surface area contributed by atoms with Gasteiger partial charge in [0.25, 0.3) is 0 Å². The molecule has 0 aliphatic heterocycles. The van der Waals surface area contributed by atoms with E-state index < -0.39 is 0 Å². The fraction of sp³-hybridized carbons (Fsp3) is 0.200. The number of aromatic nitrogens is 1. The topological polar surface area (TPSA) is 67.6 Å². The highest BCUT2D eigenvalue weighted by atomic mass is 35.5. The molecule has 1 aromatic heterocycles. The Labute approximate surface area is 162 Å². The smallest absolute Gasteiger partial charge is 0.238 e. The van der Waals surface area contributed by atoms with Gasteiger partial charge in [0.2, 0.25) is 11.8 Å². The molecule has 0 unspecified atom stereocenters. The summed E-state index contributed by atoms with van der Waals surface area (Å²) in [6, 6.07) is 14.7. The predicted molar refractivity (Wildman–Crippen MR) is 105 cm³/mol. The summed E-state index contributed by atoms with van der Waals surface area (Å²) in [4.78, 5) is 18.6. The summed E-state index contributed by atoms with van der Waals surface area (Å²) in [5, 5.41) is 3.34. The number of anilines is 1. The minimum absolute atomic E-state index is 0.176. The Hall–Kier alpha value is -2.83. The zero-order valence-electron chi connectivity index (χ0n) is 15.1. The number of amides is 1. The molecule has 0 fully saturated rings. The van der Waals surface area contributed by atoms with Crippen LogP contribution in [0.25, 0.3) is 11.5 Å². The van der Waals surface area contributed by atoms with E-state index in [1.165, 1.54) is 0 Å². The minimum Gasteiger partial charge on any atom is -0.495 e. The largest absolute Gasteiger partial charge is 0.495 e. The van der Waals surface area contributed by atoms with E-state index in [1.54, 1.807) is 31.6 Å². The molecular formula is C20H20ClN3O3. The normalized spacial score (nSPS) is 10.8. The number of hydrogen-bond donors (Lipinski definition) is 1. The van der Waals surface area contributed by atoms with Crippen molar-refractivity contribution in [3.05, 3.63) is 65.5 Å². The summed E-state index contributed by atoms with van der Waals surface area (Å²) in [5.74, 6) is 0.941. The van der Waals surface area contributed by atoms with Crippen molar-refractivity contribution in [2.45, 2.75) is 6.54 Å². The van der Waals surface area contributed by atoms with Crippen LogP contribution >= 0.6 is 11.6 Å². The molecule has 0 saturated carbocycles. The van der Waals surface area contributed by atoms with E-state index in [0.717, 1.165) is 11.3 Å². The molecular weight excluding hydrogens is 366 g/mol. The lowest BCUT2D eigenvalue weighted by atomic mass is 10.2. The molecule has 6 nitrogen and oxygen atoms in total. The number of likely N-dealkylation sites (N-methyl/N-ethyl adjacent to an activating group) is 1. The number of hydrogen-bond acceptors (Lipinski definition) is 5. The molecule has 1 N–H and O–H groups in total. The van der Waals surface area contributed by atoms with E-state index in [1.807, 2.05) is 42.3 Å². The number of methoxy groups -OCH3 is 1. The third-order valence-corrected chi connectivity index (χ3v) is 4.09. The van der Waals surface area contributed by atoms with Gasteiger partial charge >= 0.3 is 0 Å². The molecule has 1 amide bonds. The molecule has 0 saturated heterocycles. The number of carbonyl (C=O) groups is 1. The van der Waals surface area contributed by atoms with Crippen LogP contribution in [0.1, 0.15) is 5.69 Å². The van der Waals surface area contributed by atoms with Gasteiger partial charge < -0.3 is 14.5 Å². The number of nitrogens with zero attached hydrogens (tertiary/aromatic N) is 2. The van der Waals surface area contributed by atoms with Crippen molar-refractivity contribution in [1.29, 1.82) is 0 Å². The van der Waals surface area contributed by atoms with Crippen LogP contribution in [-0.2, 0) is 11.3 Å². The molecule has 3 rings (SSSR count). The maximum atomic E-state index is 12.3. The van der Waals surface area contributed by atoms with Crippen molar-refractivity contribution in [3.63, 3.8) is 0 Å². The molecule has 0 aliphatic rings. The lowest BCUT2D eigenvalue weighted by Crippen LogP contribution is -2.30. The lowest BCUT2D eigenvalue weighted by molar-refractivity contribution is -0.117. The average molecular weight is 386 g/mol. The van der Waals surface area contributed by atoms with Gasteiger partial charge in [0.05, 0.1) is 25.0 Å². The van der Waals surface area contributed by atoms with E-state index in [4.69, 9.17) is 20.8 Å². The first-order valence-electron chi connectivity index (χ1n) is 8.37. The molecule has 7 heteroatoms. The van der Waals surface area contributed by atoms with Crippen molar-refractivity contribution >= 4 is 23.2 Å². The van der Waals surface area contributed by atoms with E-state index in [2.05, 4.69) is 10.3 Å². The van der Waals surface area contributed by atoms with Crippen LogP contribution in [0.4, 0.5) is 5.69 Å². The van der Waals surface area contributed by atoms with Crippen molar-refractivity contribution < 1.29 is 13.9 Å². The van der Waals surface area contributed by atoms with Crippen molar-refractivity contribution in [1.82, 2.24) is 9.88 Å². The Morgan fingerprint density at radius 2 is 2.04 bits per heavy atom. The number of ether oxygens (including phenoxy) is 1. The second-order valence-corrected chi connectivity index (χ2v) is 6.51. The second kappa shape index (κ2) is 8.70. The highest BCUT2D eigenvalue weighted by molar-refractivity contribution is 6.31. The van der Waals surface area contributed by atoms with Crippen LogP contribution in [0, 0.1) is 0 Å². The number of halogens is 1. The number of oxazole rings is 1. The van der Waals surface area contributed by atoms with Gasteiger partial charge in [0.1, 0.15) is 12.0 Å². The van der Waals surface area contributed by atoms with E-state index in [9.17, 15) is 4.79 Å². The monoisotopic (exact) mass is 385 g/mol. The standard InChI is InChI=1S/C20H20ClN3O3/c1-24(11-16-13-27-20(22-16)14-6-4-3-5-7-14)12-19(25)23-17-10-15(21)8-9-18(17)26-2/h3-10,13H,11-12H2,1-2H3,(H,23,25). The Kier molecular flexibility index (Phi) is 6.11. The second-order valence-electron chi connectivity index (χ2n) is 6.08. The first-order chi connectivity index (χ1) is 13.0. The quantitative estimate of drug-likeness (QED) is 0.663. The highest BCUT2D eigenvalue weighted by Gasteiger charge is 2.13. The molecule has 0 radical (unpaired) electrons. The summed E-state index contributed by atoms with van der Waals surface area (Å²) in [6.07, 6.45) is 1.61. The van der Waals surface area contributed by atoms with Gasteiger partial charge in [-0.3, -0.25) is 9.69 Å². The maximum Gasteiger partial charge on any atom is 0.238 e. The maximum absolute atomic E-state index is 12.3. The minimum atomic E-state index is -0.176. The van der Waals surface area contributed by atoms with Crippen molar-refractivity contribution in [2.75, 3.05) is 26.0 Å². The lowest BCUT2D eigenvalue weighted by Gasteiger charge is -2.16. The Bertz CT molecular complexity index is 912. The van der Waals surface area contributed by atoms with Gasteiger partial charge in [0.15, 0.2) is 0 Å². The van der Waals surface area contributed by atoms with Crippen LogP contribution in [0.2, 0.25) is 5.02 Å². The van der Waals surface area contributed by atoms with E-state index in [0.29, 0.717) is 28.9 Å². The first-order valence-corrected chi connectivity index (χ1v) is 8.74. The first kappa shape index (κ1) is 18.9. The van der Waals surface area contributed by atoms with Crippen LogP contribution in [0.15, 0.2) is 59.2 Å². The number of rotatable bonds is 7. The van der Waals surface area contributed by atoms with Gasteiger partial charge in [-0.2, -0.15) is 0 Å². The zero-order valence-corrected chi connectivity index (χ0v) is 15.9. The fourth-order valence-electron chi connectivity index (χ4n) is 2.64. The Morgan fingerprint density at radius 3 is 2.78 bits per heavy atom. The third-order valence-electron chi connectivity index (χ3n) is 3.85. The zero-order chi connectivity index (χ0) is 19.2. The summed E-state index contributed by atoms with van der Waals surface area (Å²) >= 11 is 5.99. The summed E-state index contributed by atoms with van der Waals surface area (Å²) in [5.41, 5.74) is 2.21. The number of nitrogens with one attached hydrogen (secondary N) is 1. The fourth-order valence-corrected chi connectivity index (χ4v) is 2.81. The Morgan fingerprint density at radius 1 is 1.26 bits per heavy atom. The molecule has 140 valence electrons. The molecule has 2 aromatic carbocycles. The third kappa shape index (κ3) is 5.09. The molecule has 0 spiro atoms. The summed E-state index contributed by atoms with van der Waals surface area (Å²) < 4.78 is 10.8. The Balaban J connectivity index is 1.58. The van der Waals surface area contributed by atoms with E-state index >= 15 is 0 Å². The van der Waals surface area contributed by atoms with Gasteiger partial charge in [-0.25, -0.2) is 4.98 Å². The average Bonchev–Trinajstić information content (AvgIpc) is 3.11. The van der Waals surface area contributed by atoms with Crippen LogP contribution in [0.5, 0.6) is 5.75 Å².